The van der Waals surface area contributed by atoms with Gasteiger partial charge in [0.05, 0.1) is 19.3 Å². The first-order valence-corrected chi connectivity index (χ1v) is 10.7. The SMILES string of the molecule is CCC[NH+](CCC)Cc1c(C(=O)NN=Cc2sccc2C)nnn1-c1nonc1N. The number of rotatable bonds is 10. The molecule has 1 amide bonds. The van der Waals surface area contributed by atoms with Crippen LogP contribution in [0, 0.1) is 6.92 Å². The number of aryl methyl sites for hydroxylation is 1. The summed E-state index contributed by atoms with van der Waals surface area (Å²) in [6.07, 6.45) is 3.64. The van der Waals surface area contributed by atoms with Crippen LogP contribution in [0.2, 0.25) is 0 Å². The molecular weight excluding hydrogens is 406 g/mol. The zero-order valence-corrected chi connectivity index (χ0v) is 18.1. The maximum atomic E-state index is 12.8. The molecule has 0 aliphatic carbocycles. The molecule has 30 heavy (non-hydrogen) atoms. The molecule has 0 aliphatic rings. The fourth-order valence-electron chi connectivity index (χ4n) is 3.11. The smallest absolute Gasteiger partial charge is 0.294 e. The van der Waals surface area contributed by atoms with E-state index >= 15 is 0 Å². The van der Waals surface area contributed by atoms with E-state index in [-0.39, 0.29) is 17.3 Å². The number of nitrogen functional groups attached to an aromatic ring is 1. The average molecular weight is 433 g/mol. The third kappa shape index (κ3) is 4.89. The standard InChI is InChI=1S/C18H25N9O2S/c1-4-7-26(8-5-2)11-13-15(21-25-27(13)17-16(19)23-29-24-17)18(28)22-20-10-14-12(3)6-9-30-14/h6,9-10H,4-5,7-8,11H2,1-3H3,(H2,19,23)(H,22,28)/p+1. The molecule has 0 radical (unpaired) electrons. The van der Waals surface area contributed by atoms with Gasteiger partial charge in [-0.3, -0.25) is 4.79 Å². The topological polar surface area (TPSA) is 142 Å². The number of hydrogen-bond acceptors (Lipinski definition) is 9. The Morgan fingerprint density at radius 1 is 1.37 bits per heavy atom. The van der Waals surface area contributed by atoms with Crippen LogP contribution in [-0.2, 0) is 6.54 Å². The number of hydrogen-bond donors (Lipinski definition) is 3. The van der Waals surface area contributed by atoms with E-state index in [0.29, 0.717) is 12.2 Å². The molecule has 0 unspecified atom stereocenters. The van der Waals surface area contributed by atoms with Gasteiger partial charge in [0.2, 0.25) is 11.6 Å². The Balaban J connectivity index is 1.88. The number of nitrogens with one attached hydrogen (secondary N) is 2. The third-order valence-electron chi connectivity index (χ3n) is 4.55. The van der Waals surface area contributed by atoms with Crippen molar-refractivity contribution < 1.29 is 14.3 Å². The largest absolute Gasteiger partial charge is 0.378 e. The molecule has 3 rings (SSSR count). The predicted molar refractivity (Wildman–Crippen MR) is 113 cm³/mol. The van der Waals surface area contributed by atoms with Crippen LogP contribution in [0.5, 0.6) is 0 Å². The van der Waals surface area contributed by atoms with Crippen molar-refractivity contribution in [2.24, 2.45) is 5.10 Å². The number of hydrazone groups is 1. The predicted octanol–water partition coefficient (Wildman–Crippen LogP) is 0.571. The molecule has 0 aliphatic heterocycles. The Labute approximate surface area is 177 Å². The summed E-state index contributed by atoms with van der Waals surface area (Å²) in [5, 5.41) is 21.6. The molecule has 11 nitrogen and oxygen atoms in total. The molecule has 3 aromatic rings. The van der Waals surface area contributed by atoms with Gasteiger partial charge in [0, 0.05) is 4.88 Å². The van der Waals surface area contributed by atoms with E-state index in [4.69, 9.17) is 10.4 Å². The van der Waals surface area contributed by atoms with Gasteiger partial charge in [-0.05, 0) is 47.1 Å². The van der Waals surface area contributed by atoms with Crippen LogP contribution in [0.25, 0.3) is 5.82 Å². The maximum Gasteiger partial charge on any atom is 0.294 e. The van der Waals surface area contributed by atoms with Crippen molar-refractivity contribution in [2.45, 2.75) is 40.2 Å². The van der Waals surface area contributed by atoms with Gasteiger partial charge in [-0.2, -0.15) is 9.78 Å². The lowest BCUT2D eigenvalue weighted by Crippen LogP contribution is -3.10. The first-order valence-electron chi connectivity index (χ1n) is 9.79. The summed E-state index contributed by atoms with van der Waals surface area (Å²) in [6.45, 7) is 8.65. The van der Waals surface area contributed by atoms with Gasteiger partial charge in [-0.1, -0.05) is 19.1 Å². The van der Waals surface area contributed by atoms with Gasteiger partial charge in [-0.15, -0.1) is 16.4 Å². The third-order valence-corrected chi connectivity index (χ3v) is 5.50. The minimum Gasteiger partial charge on any atom is -0.378 e. The molecule has 160 valence electrons. The zero-order valence-electron chi connectivity index (χ0n) is 17.3. The molecule has 0 saturated carbocycles. The normalized spacial score (nSPS) is 11.6. The number of carbonyl (C=O) groups excluding carboxylic acids is 1. The number of amides is 1. The van der Waals surface area contributed by atoms with E-state index in [1.54, 1.807) is 17.6 Å². The van der Waals surface area contributed by atoms with Crippen molar-refractivity contribution in [2.75, 3.05) is 18.8 Å². The summed E-state index contributed by atoms with van der Waals surface area (Å²) in [4.78, 5) is 15.1. The van der Waals surface area contributed by atoms with Crippen LogP contribution in [0.3, 0.4) is 0 Å². The first-order chi connectivity index (χ1) is 14.5. The quantitative estimate of drug-likeness (QED) is 0.314. The van der Waals surface area contributed by atoms with Crippen LogP contribution >= 0.6 is 11.3 Å². The van der Waals surface area contributed by atoms with E-state index < -0.39 is 5.91 Å². The molecule has 0 atom stereocenters. The number of carbonyl (C=O) groups is 1. The Hall–Kier alpha value is -3.12. The van der Waals surface area contributed by atoms with Crippen molar-refractivity contribution in [3.05, 3.63) is 33.3 Å². The van der Waals surface area contributed by atoms with Gasteiger partial charge in [0.25, 0.3) is 5.91 Å². The van der Waals surface area contributed by atoms with Crippen molar-refractivity contribution in [3.8, 4) is 5.82 Å². The Morgan fingerprint density at radius 3 is 2.73 bits per heavy atom. The zero-order chi connectivity index (χ0) is 21.5. The highest BCUT2D eigenvalue weighted by Gasteiger charge is 2.26. The first kappa shape index (κ1) is 21.6. The lowest BCUT2D eigenvalue weighted by molar-refractivity contribution is -0.914. The number of nitrogens with two attached hydrogens (primary N) is 1. The molecule has 3 heterocycles. The van der Waals surface area contributed by atoms with Gasteiger partial charge in [0.1, 0.15) is 12.2 Å². The lowest BCUT2D eigenvalue weighted by atomic mass is 10.2. The number of nitrogens with zero attached hydrogens (tertiary/aromatic N) is 6. The highest BCUT2D eigenvalue weighted by atomic mass is 32.1. The molecule has 4 N–H and O–H groups in total. The molecule has 0 saturated heterocycles. The summed E-state index contributed by atoms with van der Waals surface area (Å²) in [5.74, 6) is -0.169. The summed E-state index contributed by atoms with van der Waals surface area (Å²) < 4.78 is 6.11. The summed E-state index contributed by atoms with van der Waals surface area (Å²) in [5.41, 5.74) is 10.2. The second kappa shape index (κ2) is 10.1. The second-order valence-electron chi connectivity index (χ2n) is 6.86. The summed E-state index contributed by atoms with van der Waals surface area (Å²) in [6, 6.07) is 1.99. The van der Waals surface area contributed by atoms with E-state index in [0.717, 1.165) is 36.4 Å². The Bertz CT molecular complexity index is 1000. The second-order valence-corrected chi connectivity index (χ2v) is 7.81. The average Bonchev–Trinajstić information content (AvgIpc) is 3.43. The fraction of sp³-hybridized carbons (Fsp3) is 0.444. The number of anilines is 1. The highest BCUT2D eigenvalue weighted by Crippen LogP contribution is 2.15. The van der Waals surface area contributed by atoms with E-state index in [9.17, 15) is 4.79 Å². The van der Waals surface area contributed by atoms with Crippen LogP contribution < -0.4 is 16.1 Å². The molecule has 0 aromatic carbocycles. The van der Waals surface area contributed by atoms with Crippen LogP contribution in [0.4, 0.5) is 5.82 Å². The van der Waals surface area contributed by atoms with Crippen LogP contribution in [0.1, 0.15) is 53.3 Å². The molecule has 0 fully saturated rings. The van der Waals surface area contributed by atoms with Crippen molar-refractivity contribution >= 4 is 29.3 Å². The molecule has 0 spiro atoms. The van der Waals surface area contributed by atoms with Gasteiger partial charge < -0.3 is 10.6 Å². The van der Waals surface area contributed by atoms with E-state index in [1.165, 1.54) is 9.58 Å². The van der Waals surface area contributed by atoms with E-state index in [2.05, 4.69) is 45.0 Å². The highest BCUT2D eigenvalue weighted by molar-refractivity contribution is 7.11. The number of aromatic nitrogens is 5. The van der Waals surface area contributed by atoms with Crippen LogP contribution in [-0.4, -0.2) is 50.5 Å². The van der Waals surface area contributed by atoms with Crippen molar-refractivity contribution in [3.63, 3.8) is 0 Å². The summed E-state index contributed by atoms with van der Waals surface area (Å²) in [7, 11) is 0. The molecule has 3 aromatic heterocycles. The van der Waals surface area contributed by atoms with Crippen molar-refractivity contribution in [1.82, 2.24) is 30.7 Å². The molecule has 12 heteroatoms. The number of thiophene rings is 1. The van der Waals surface area contributed by atoms with Crippen LogP contribution in [0.15, 0.2) is 21.2 Å². The van der Waals surface area contributed by atoms with Gasteiger partial charge >= 0.3 is 0 Å². The number of quaternary nitrogens is 1. The molecular formula is C18H26N9O2S+. The van der Waals surface area contributed by atoms with Gasteiger partial charge in [0.15, 0.2) is 5.69 Å². The minimum atomic E-state index is -0.455. The Morgan fingerprint density at radius 2 is 2.13 bits per heavy atom. The Kier molecular flexibility index (Phi) is 7.25. The molecule has 0 bridgehead atoms. The van der Waals surface area contributed by atoms with E-state index in [1.807, 2.05) is 18.4 Å². The maximum absolute atomic E-state index is 12.8. The van der Waals surface area contributed by atoms with Gasteiger partial charge in [-0.25, -0.2) is 10.1 Å². The lowest BCUT2D eigenvalue weighted by Gasteiger charge is -2.18. The monoisotopic (exact) mass is 432 g/mol. The van der Waals surface area contributed by atoms with Crippen molar-refractivity contribution in [1.29, 1.82) is 0 Å². The fourth-order valence-corrected chi connectivity index (χ4v) is 3.90. The summed E-state index contributed by atoms with van der Waals surface area (Å²) >= 11 is 1.55. The minimum absolute atomic E-state index is 0.0758.